The van der Waals surface area contributed by atoms with Gasteiger partial charge in [-0.3, -0.25) is 0 Å². The Kier molecular flexibility index (Phi) is 5.37. The lowest BCUT2D eigenvalue weighted by molar-refractivity contribution is 0.341. The van der Waals surface area contributed by atoms with Crippen LogP contribution in [0, 0.1) is 0 Å². The third-order valence-electron chi connectivity index (χ3n) is 3.31. The number of rotatable bonds is 4. The van der Waals surface area contributed by atoms with Gasteiger partial charge in [0.15, 0.2) is 0 Å². The largest absolute Gasteiger partial charge is 0.489 e. The molecule has 0 fully saturated rings. The minimum Gasteiger partial charge on any atom is -0.489 e. The molecule has 0 saturated carbocycles. The molecule has 0 saturated heterocycles. The van der Waals surface area contributed by atoms with Gasteiger partial charge >= 0.3 is 0 Å². The normalized spacial score (nSPS) is 12.3. The Hall–Kier alpha value is -0.890. The molecule has 0 aromatic heterocycles. The van der Waals surface area contributed by atoms with Crippen LogP contribution in [0.25, 0.3) is 0 Å². The molecule has 1 aromatic rings. The Morgan fingerprint density at radius 2 is 1.70 bits per heavy atom. The van der Waals surface area contributed by atoms with Crippen LogP contribution in [0.3, 0.4) is 0 Å². The first-order chi connectivity index (χ1) is 9.05. The van der Waals surface area contributed by atoms with Crippen molar-refractivity contribution in [1.82, 2.24) is 0 Å². The first-order valence-corrected chi connectivity index (χ1v) is 7.74. The van der Waals surface area contributed by atoms with Crippen LogP contribution in [-0.4, -0.2) is 12.4 Å². The smallest absolute Gasteiger partial charge is 0.123 e. The van der Waals surface area contributed by atoms with Gasteiger partial charge in [0.2, 0.25) is 0 Å². The van der Waals surface area contributed by atoms with E-state index in [9.17, 15) is 0 Å². The minimum absolute atomic E-state index is 0.0545. The van der Waals surface area contributed by atoms with Crippen molar-refractivity contribution in [2.45, 2.75) is 52.4 Å². The summed E-state index contributed by atoms with van der Waals surface area (Å²) in [4.78, 5) is 0. The highest BCUT2D eigenvalue weighted by Gasteiger charge is 2.23. The zero-order valence-corrected chi connectivity index (χ0v) is 14.6. The fourth-order valence-corrected chi connectivity index (χ4v) is 2.03. The molecular formula is C18H28OS. The SMILES string of the molecule is C=C(CS)COc1ccc(C(C)(C)C)cc1C(C)(C)C. The Bertz CT molecular complexity index is 475. The van der Waals surface area contributed by atoms with E-state index in [0.29, 0.717) is 12.4 Å². The second-order valence-corrected chi connectivity index (χ2v) is 7.72. The van der Waals surface area contributed by atoms with Gasteiger partial charge in [0.1, 0.15) is 12.4 Å². The monoisotopic (exact) mass is 292 g/mol. The summed E-state index contributed by atoms with van der Waals surface area (Å²) in [5.74, 6) is 1.61. The number of benzene rings is 1. The van der Waals surface area contributed by atoms with Crippen molar-refractivity contribution < 1.29 is 4.74 Å². The van der Waals surface area contributed by atoms with Crippen LogP contribution in [-0.2, 0) is 10.8 Å². The lowest BCUT2D eigenvalue weighted by Gasteiger charge is -2.27. The third-order valence-corrected chi connectivity index (χ3v) is 3.76. The molecule has 1 nitrogen and oxygen atoms in total. The maximum Gasteiger partial charge on any atom is 0.123 e. The number of ether oxygens (including phenoxy) is 1. The van der Waals surface area contributed by atoms with Crippen LogP contribution in [0.5, 0.6) is 5.75 Å². The summed E-state index contributed by atoms with van der Waals surface area (Å²) in [6, 6.07) is 6.53. The van der Waals surface area contributed by atoms with Crippen molar-refractivity contribution in [2.75, 3.05) is 12.4 Å². The average Bonchev–Trinajstić information content (AvgIpc) is 2.33. The second kappa shape index (κ2) is 6.26. The van der Waals surface area contributed by atoms with E-state index in [1.807, 2.05) is 0 Å². The van der Waals surface area contributed by atoms with Crippen LogP contribution in [0.1, 0.15) is 52.7 Å². The fraction of sp³-hybridized carbons (Fsp3) is 0.556. The molecule has 0 amide bonds. The Morgan fingerprint density at radius 1 is 1.10 bits per heavy atom. The van der Waals surface area contributed by atoms with E-state index in [0.717, 1.165) is 11.3 Å². The van der Waals surface area contributed by atoms with E-state index >= 15 is 0 Å². The van der Waals surface area contributed by atoms with Crippen molar-refractivity contribution in [3.8, 4) is 5.75 Å². The van der Waals surface area contributed by atoms with Gasteiger partial charge in [-0.25, -0.2) is 0 Å². The predicted octanol–water partition coefficient (Wildman–Crippen LogP) is 5.15. The molecule has 2 heteroatoms. The highest BCUT2D eigenvalue weighted by molar-refractivity contribution is 7.80. The topological polar surface area (TPSA) is 9.23 Å². The van der Waals surface area contributed by atoms with Gasteiger partial charge in [-0.1, -0.05) is 60.3 Å². The standard InChI is InChI=1S/C18H28OS/c1-13(12-20)11-19-16-9-8-14(17(2,3)4)10-15(16)18(5,6)7/h8-10,20H,1,11-12H2,2-7H3. The van der Waals surface area contributed by atoms with Gasteiger partial charge in [-0.05, 0) is 33.6 Å². The average molecular weight is 292 g/mol. The highest BCUT2D eigenvalue weighted by Crippen LogP contribution is 2.35. The Labute approximate surface area is 129 Å². The molecule has 1 rings (SSSR count). The Morgan fingerprint density at radius 3 is 2.15 bits per heavy atom. The van der Waals surface area contributed by atoms with Crippen molar-refractivity contribution in [1.29, 1.82) is 0 Å². The van der Waals surface area contributed by atoms with Crippen LogP contribution in [0.2, 0.25) is 0 Å². The number of thiol groups is 1. The minimum atomic E-state index is 0.0545. The molecule has 1 aromatic carbocycles. The zero-order valence-electron chi connectivity index (χ0n) is 13.7. The Balaban J connectivity index is 3.15. The summed E-state index contributed by atoms with van der Waals surface area (Å²) in [7, 11) is 0. The molecule has 0 N–H and O–H groups in total. The molecule has 0 aliphatic carbocycles. The van der Waals surface area contributed by atoms with Crippen LogP contribution in [0.15, 0.2) is 30.4 Å². The van der Waals surface area contributed by atoms with E-state index < -0.39 is 0 Å². The van der Waals surface area contributed by atoms with Gasteiger partial charge in [0.25, 0.3) is 0 Å². The first-order valence-electron chi connectivity index (χ1n) is 7.11. The van der Waals surface area contributed by atoms with Gasteiger partial charge < -0.3 is 4.74 Å². The third kappa shape index (κ3) is 4.59. The van der Waals surface area contributed by atoms with Crippen molar-refractivity contribution in [3.63, 3.8) is 0 Å². The van der Waals surface area contributed by atoms with E-state index in [1.165, 1.54) is 11.1 Å². The van der Waals surface area contributed by atoms with Gasteiger partial charge in [-0.2, -0.15) is 12.6 Å². The molecule has 0 bridgehead atoms. The van der Waals surface area contributed by atoms with E-state index in [1.54, 1.807) is 0 Å². The number of hydrogen-bond acceptors (Lipinski definition) is 2. The van der Waals surface area contributed by atoms with Crippen molar-refractivity contribution in [3.05, 3.63) is 41.5 Å². The van der Waals surface area contributed by atoms with Gasteiger partial charge in [-0.15, -0.1) is 0 Å². The summed E-state index contributed by atoms with van der Waals surface area (Å²) >= 11 is 4.22. The lowest BCUT2D eigenvalue weighted by atomic mass is 9.80. The molecule has 0 aliphatic rings. The fourth-order valence-electron chi connectivity index (χ4n) is 1.93. The molecule has 112 valence electrons. The van der Waals surface area contributed by atoms with E-state index in [-0.39, 0.29) is 10.8 Å². The summed E-state index contributed by atoms with van der Waals surface area (Å²) in [6.07, 6.45) is 0. The maximum atomic E-state index is 5.94. The van der Waals surface area contributed by atoms with Crippen LogP contribution < -0.4 is 4.74 Å². The summed E-state index contributed by atoms with van der Waals surface area (Å²) in [5, 5.41) is 0. The molecule has 20 heavy (non-hydrogen) atoms. The van der Waals surface area contributed by atoms with Crippen LogP contribution >= 0.6 is 12.6 Å². The molecular weight excluding hydrogens is 264 g/mol. The number of hydrogen-bond donors (Lipinski definition) is 1. The van der Waals surface area contributed by atoms with Crippen LogP contribution in [0.4, 0.5) is 0 Å². The van der Waals surface area contributed by atoms with Gasteiger partial charge in [0, 0.05) is 5.75 Å². The maximum absolute atomic E-state index is 5.94. The zero-order chi connectivity index (χ0) is 15.6. The predicted molar refractivity (Wildman–Crippen MR) is 92.3 cm³/mol. The van der Waals surface area contributed by atoms with E-state index in [4.69, 9.17) is 4.74 Å². The lowest BCUT2D eigenvalue weighted by Crippen LogP contribution is -2.18. The second-order valence-electron chi connectivity index (χ2n) is 7.41. The molecule has 0 heterocycles. The quantitative estimate of drug-likeness (QED) is 0.596. The molecule has 0 unspecified atom stereocenters. The molecule has 0 aliphatic heterocycles. The summed E-state index contributed by atoms with van der Waals surface area (Å²) < 4.78 is 5.94. The summed E-state index contributed by atoms with van der Waals surface area (Å²) in [6.45, 7) is 17.8. The summed E-state index contributed by atoms with van der Waals surface area (Å²) in [5.41, 5.74) is 3.78. The highest BCUT2D eigenvalue weighted by atomic mass is 32.1. The molecule has 0 spiro atoms. The molecule has 0 atom stereocenters. The van der Waals surface area contributed by atoms with Crippen molar-refractivity contribution in [2.24, 2.45) is 0 Å². The van der Waals surface area contributed by atoms with Gasteiger partial charge in [0.05, 0.1) is 0 Å². The molecule has 0 radical (unpaired) electrons. The van der Waals surface area contributed by atoms with E-state index in [2.05, 4.69) is 78.9 Å². The first kappa shape index (κ1) is 17.2. The van der Waals surface area contributed by atoms with Crippen molar-refractivity contribution >= 4 is 12.6 Å².